The molecule has 1 aromatic rings. The topological polar surface area (TPSA) is 19.9 Å². The normalized spacial score (nSPS) is 11.6. The van der Waals surface area contributed by atoms with E-state index in [2.05, 4.69) is 0 Å². The van der Waals surface area contributed by atoms with Crippen molar-refractivity contribution in [3.63, 3.8) is 0 Å². The van der Waals surface area contributed by atoms with Crippen molar-refractivity contribution in [3.8, 4) is 5.75 Å². The predicted octanol–water partition coefficient (Wildman–Crippen LogP) is 3.44. The van der Waals surface area contributed by atoms with Crippen LogP contribution >= 0.6 is 11.8 Å². The molecule has 0 atom stereocenters. The molecule has 0 spiro atoms. The minimum absolute atomic E-state index is 0.287. The summed E-state index contributed by atoms with van der Waals surface area (Å²) in [6.45, 7) is 0. The van der Waals surface area contributed by atoms with Gasteiger partial charge < -0.3 is 0 Å². The summed E-state index contributed by atoms with van der Waals surface area (Å²) in [5.41, 5.74) is -4.39. The summed E-state index contributed by atoms with van der Waals surface area (Å²) in [4.78, 5) is -0.287. The van der Waals surface area contributed by atoms with E-state index in [1.54, 1.807) is 0 Å². The Hall–Kier alpha value is -0.840. The van der Waals surface area contributed by atoms with Crippen LogP contribution in [0.3, 0.4) is 0 Å². The molecule has 0 fully saturated rings. The Kier molecular flexibility index (Phi) is 2.52. The highest BCUT2D eigenvalue weighted by Gasteiger charge is 2.30. The molecule has 0 aliphatic rings. The first kappa shape index (κ1) is 9.25. The summed E-state index contributed by atoms with van der Waals surface area (Å²) in [6, 6.07) is 5.06. The first-order chi connectivity index (χ1) is 5.49. The quantitative estimate of drug-likeness (QED) is 0.625. The largest absolute Gasteiger partial charge is 0.446 e. The van der Waals surface area contributed by atoms with Gasteiger partial charge in [-0.25, -0.2) is 0 Å². The summed E-state index contributed by atoms with van der Waals surface area (Å²) < 4.78 is 35.2. The third-order valence-corrected chi connectivity index (χ3v) is 1.86. The van der Waals surface area contributed by atoms with Gasteiger partial charge in [0.05, 0.1) is 4.90 Å². The van der Waals surface area contributed by atoms with Crippen LogP contribution in [0.2, 0.25) is 0 Å². The van der Waals surface area contributed by atoms with E-state index in [4.69, 9.17) is 0 Å². The van der Waals surface area contributed by atoms with Gasteiger partial charge in [0.1, 0.15) is 0 Å². The molecule has 0 saturated heterocycles. The van der Waals surface area contributed by atoms with Crippen LogP contribution in [0.4, 0.5) is 13.2 Å². The predicted molar refractivity (Wildman–Crippen MR) is 38.5 cm³/mol. The van der Waals surface area contributed by atoms with Gasteiger partial charge in [-0.1, -0.05) is 12.1 Å². The van der Waals surface area contributed by atoms with Crippen LogP contribution in [0.5, 0.6) is 5.75 Å². The number of benzene rings is 1. The molecule has 1 aromatic carbocycles. The van der Waals surface area contributed by atoms with E-state index >= 15 is 0 Å². The van der Waals surface area contributed by atoms with Crippen molar-refractivity contribution >= 4 is 11.8 Å². The second-order valence-electron chi connectivity index (χ2n) is 1.99. The summed E-state index contributed by atoms with van der Waals surface area (Å²) in [6.07, 6.45) is 0. The molecule has 0 heterocycles. The molecule has 1 rings (SSSR count). The Morgan fingerprint density at radius 3 is 2.25 bits per heavy atom. The van der Waals surface area contributed by atoms with E-state index in [9.17, 15) is 18.3 Å². The molecule has 1 radical (unpaired) electrons. The SMILES string of the molecule is [O]c1ccccc1SC(F)(F)F. The maximum atomic E-state index is 11.7. The van der Waals surface area contributed by atoms with Crippen LogP contribution in [-0.4, -0.2) is 5.51 Å². The van der Waals surface area contributed by atoms with E-state index in [0.29, 0.717) is 0 Å². The molecule has 0 amide bonds. The van der Waals surface area contributed by atoms with Crippen molar-refractivity contribution in [2.45, 2.75) is 10.4 Å². The van der Waals surface area contributed by atoms with Gasteiger partial charge in [0, 0.05) is 0 Å². The number of alkyl halides is 3. The highest BCUT2D eigenvalue weighted by atomic mass is 32.2. The second-order valence-corrected chi connectivity index (χ2v) is 3.10. The van der Waals surface area contributed by atoms with Gasteiger partial charge in [-0.3, -0.25) is 5.11 Å². The Balaban J connectivity index is 2.83. The Morgan fingerprint density at radius 2 is 1.75 bits per heavy atom. The number of thioether (sulfide) groups is 1. The van der Waals surface area contributed by atoms with Crippen molar-refractivity contribution in [3.05, 3.63) is 24.3 Å². The monoisotopic (exact) mass is 193 g/mol. The average Bonchev–Trinajstić information content (AvgIpc) is 1.91. The smallest absolute Gasteiger partial charge is 0.289 e. The third-order valence-electron chi connectivity index (χ3n) is 1.07. The Labute approximate surface area is 71.2 Å². The maximum absolute atomic E-state index is 11.7. The molecule has 0 aliphatic heterocycles. The summed E-state index contributed by atoms with van der Waals surface area (Å²) in [5.74, 6) is -0.597. The first-order valence-electron chi connectivity index (χ1n) is 3.01. The van der Waals surface area contributed by atoms with Crippen LogP contribution in [0.15, 0.2) is 29.2 Å². The lowest BCUT2D eigenvalue weighted by Gasteiger charge is -2.04. The minimum atomic E-state index is -4.39. The fraction of sp³-hybridized carbons (Fsp3) is 0.143. The van der Waals surface area contributed by atoms with Crippen LogP contribution in [0.1, 0.15) is 0 Å². The lowest BCUT2D eigenvalue weighted by Crippen LogP contribution is -1.98. The molecule has 0 saturated carbocycles. The van der Waals surface area contributed by atoms with E-state index in [1.807, 2.05) is 0 Å². The van der Waals surface area contributed by atoms with Crippen molar-refractivity contribution in [2.75, 3.05) is 0 Å². The van der Waals surface area contributed by atoms with Gasteiger partial charge in [0.2, 0.25) is 0 Å². The summed E-state index contributed by atoms with van der Waals surface area (Å²) in [5, 5.41) is 10.8. The van der Waals surface area contributed by atoms with E-state index < -0.39 is 11.3 Å². The number of para-hydroxylation sites is 1. The van der Waals surface area contributed by atoms with Gasteiger partial charge in [0.15, 0.2) is 5.75 Å². The minimum Gasteiger partial charge on any atom is -0.289 e. The van der Waals surface area contributed by atoms with Crippen LogP contribution in [0.25, 0.3) is 0 Å². The fourth-order valence-electron chi connectivity index (χ4n) is 0.659. The zero-order chi connectivity index (χ0) is 9.19. The van der Waals surface area contributed by atoms with E-state index in [0.717, 1.165) is 12.1 Å². The van der Waals surface area contributed by atoms with Crippen molar-refractivity contribution in [1.82, 2.24) is 0 Å². The molecule has 0 aromatic heterocycles. The summed E-state index contributed by atoms with van der Waals surface area (Å²) >= 11 is -0.385. The maximum Gasteiger partial charge on any atom is 0.446 e. The summed E-state index contributed by atoms with van der Waals surface area (Å²) in [7, 11) is 0. The number of hydrogen-bond acceptors (Lipinski definition) is 1. The van der Waals surface area contributed by atoms with Crippen molar-refractivity contribution in [2.24, 2.45) is 0 Å². The van der Waals surface area contributed by atoms with E-state index in [-0.39, 0.29) is 16.7 Å². The number of hydrogen-bond donors (Lipinski definition) is 0. The fourth-order valence-corrected chi connectivity index (χ4v) is 1.22. The molecule has 0 bridgehead atoms. The molecular weight excluding hydrogens is 189 g/mol. The lowest BCUT2D eigenvalue weighted by atomic mass is 10.3. The molecule has 5 heteroatoms. The molecule has 12 heavy (non-hydrogen) atoms. The Morgan fingerprint density at radius 1 is 1.17 bits per heavy atom. The number of rotatable bonds is 1. The van der Waals surface area contributed by atoms with E-state index in [1.165, 1.54) is 12.1 Å². The van der Waals surface area contributed by atoms with Crippen LogP contribution in [0, 0.1) is 0 Å². The number of halogens is 3. The average molecular weight is 193 g/mol. The Bertz CT molecular complexity index is 272. The highest BCUT2D eigenvalue weighted by molar-refractivity contribution is 8.00. The third kappa shape index (κ3) is 2.65. The molecule has 65 valence electrons. The van der Waals surface area contributed by atoms with Gasteiger partial charge in [-0.2, -0.15) is 13.2 Å². The zero-order valence-electron chi connectivity index (χ0n) is 5.76. The van der Waals surface area contributed by atoms with Crippen LogP contribution < -0.4 is 0 Å². The standard InChI is InChI=1S/C7H4F3OS/c8-7(9,10)12-6-4-2-1-3-5(6)11/h1-4H. The zero-order valence-corrected chi connectivity index (χ0v) is 6.58. The molecule has 0 N–H and O–H groups in total. The van der Waals surface area contributed by atoms with Crippen LogP contribution in [-0.2, 0) is 5.11 Å². The molecular formula is C7H4F3OS. The molecule has 1 nitrogen and oxygen atoms in total. The lowest BCUT2D eigenvalue weighted by molar-refractivity contribution is -0.0329. The van der Waals surface area contributed by atoms with Crippen molar-refractivity contribution in [1.29, 1.82) is 0 Å². The highest BCUT2D eigenvalue weighted by Crippen LogP contribution is 2.40. The second kappa shape index (κ2) is 3.26. The van der Waals surface area contributed by atoms with Gasteiger partial charge in [0.25, 0.3) is 0 Å². The van der Waals surface area contributed by atoms with Gasteiger partial charge in [-0.15, -0.1) is 0 Å². The molecule has 0 unspecified atom stereocenters. The molecule has 0 aliphatic carbocycles. The van der Waals surface area contributed by atoms with Crippen molar-refractivity contribution < 1.29 is 18.3 Å². The van der Waals surface area contributed by atoms with Gasteiger partial charge in [-0.05, 0) is 23.9 Å². The first-order valence-corrected chi connectivity index (χ1v) is 3.82. The van der Waals surface area contributed by atoms with Gasteiger partial charge >= 0.3 is 5.51 Å².